The molecule has 0 spiro atoms. The highest BCUT2D eigenvalue weighted by Gasteiger charge is 2.23. The Bertz CT molecular complexity index is 895. The van der Waals surface area contributed by atoms with Gasteiger partial charge in [-0.05, 0) is 47.8 Å². The van der Waals surface area contributed by atoms with Crippen LogP contribution in [-0.2, 0) is 11.2 Å². The minimum Gasteiger partial charge on any atom is -0.354 e. The summed E-state index contributed by atoms with van der Waals surface area (Å²) in [6.07, 6.45) is 2.91. The number of benzene rings is 3. The molecule has 3 aromatic carbocycles. The van der Waals surface area contributed by atoms with Crippen molar-refractivity contribution in [2.75, 3.05) is 19.6 Å². The number of amides is 1. The molecule has 0 saturated carbocycles. The maximum absolute atomic E-state index is 12.7. The molecular formula is C24H26N2O. The fourth-order valence-electron chi connectivity index (χ4n) is 4.08. The Kier molecular flexibility index (Phi) is 5.50. The van der Waals surface area contributed by atoms with Gasteiger partial charge < -0.3 is 5.32 Å². The Hall–Kier alpha value is -2.65. The zero-order valence-electron chi connectivity index (χ0n) is 15.6. The van der Waals surface area contributed by atoms with Gasteiger partial charge in [-0.3, -0.25) is 9.69 Å². The molecule has 1 fully saturated rings. The molecule has 0 aliphatic carbocycles. The van der Waals surface area contributed by atoms with E-state index in [9.17, 15) is 4.79 Å². The van der Waals surface area contributed by atoms with Crippen LogP contribution in [0.2, 0.25) is 0 Å². The number of rotatable bonds is 6. The number of likely N-dealkylation sites (tertiary alicyclic amines) is 1. The van der Waals surface area contributed by atoms with Crippen LogP contribution in [0.3, 0.4) is 0 Å². The van der Waals surface area contributed by atoms with Crippen molar-refractivity contribution >= 4 is 16.7 Å². The molecular weight excluding hydrogens is 332 g/mol. The van der Waals surface area contributed by atoms with E-state index in [1.165, 1.54) is 23.8 Å². The minimum absolute atomic E-state index is 0.0893. The Labute approximate surface area is 161 Å². The zero-order valence-corrected chi connectivity index (χ0v) is 15.6. The fourth-order valence-corrected chi connectivity index (χ4v) is 4.08. The van der Waals surface area contributed by atoms with Gasteiger partial charge in [0, 0.05) is 6.54 Å². The summed E-state index contributed by atoms with van der Waals surface area (Å²) in [5.74, 6) is 0.0893. The van der Waals surface area contributed by atoms with Crippen LogP contribution >= 0.6 is 0 Å². The molecule has 1 unspecified atom stereocenters. The second-order valence-electron chi connectivity index (χ2n) is 7.29. The first-order valence-corrected chi connectivity index (χ1v) is 9.83. The van der Waals surface area contributed by atoms with E-state index in [1.54, 1.807) is 0 Å². The molecule has 27 heavy (non-hydrogen) atoms. The van der Waals surface area contributed by atoms with Gasteiger partial charge in [-0.1, -0.05) is 72.8 Å². The van der Waals surface area contributed by atoms with Gasteiger partial charge in [-0.15, -0.1) is 0 Å². The SMILES string of the molecule is O=C(Cc1cccc2ccccc12)NCC(c1ccccc1)N1CCCC1. The average Bonchev–Trinajstić information content (AvgIpc) is 3.24. The molecule has 0 aromatic heterocycles. The molecule has 1 amide bonds. The number of nitrogens with one attached hydrogen (secondary N) is 1. The van der Waals surface area contributed by atoms with E-state index in [1.807, 2.05) is 24.3 Å². The van der Waals surface area contributed by atoms with Crippen molar-refractivity contribution in [2.45, 2.75) is 25.3 Å². The summed E-state index contributed by atoms with van der Waals surface area (Å²) in [5, 5.41) is 5.53. The van der Waals surface area contributed by atoms with E-state index in [0.717, 1.165) is 24.0 Å². The summed E-state index contributed by atoms with van der Waals surface area (Å²) in [6, 6.07) is 25.2. The summed E-state index contributed by atoms with van der Waals surface area (Å²) in [5.41, 5.74) is 2.37. The fraction of sp³-hybridized carbons (Fsp3) is 0.292. The molecule has 1 N–H and O–H groups in total. The predicted octanol–water partition coefficient (Wildman–Crippen LogP) is 4.34. The maximum Gasteiger partial charge on any atom is 0.224 e. The van der Waals surface area contributed by atoms with Crippen LogP contribution in [-0.4, -0.2) is 30.4 Å². The van der Waals surface area contributed by atoms with Crippen LogP contribution in [0.5, 0.6) is 0 Å². The monoisotopic (exact) mass is 358 g/mol. The van der Waals surface area contributed by atoms with Crippen LogP contribution in [0.4, 0.5) is 0 Å². The lowest BCUT2D eigenvalue weighted by atomic mass is 10.0. The third kappa shape index (κ3) is 4.20. The number of fused-ring (bicyclic) bond motifs is 1. The second-order valence-corrected chi connectivity index (χ2v) is 7.29. The van der Waals surface area contributed by atoms with E-state index in [4.69, 9.17) is 0 Å². The van der Waals surface area contributed by atoms with Crippen molar-refractivity contribution in [1.82, 2.24) is 10.2 Å². The molecule has 4 rings (SSSR count). The summed E-state index contributed by atoms with van der Waals surface area (Å²) in [4.78, 5) is 15.2. The number of hydrogen-bond donors (Lipinski definition) is 1. The Morgan fingerprint density at radius 1 is 0.889 bits per heavy atom. The largest absolute Gasteiger partial charge is 0.354 e. The number of carbonyl (C=O) groups excluding carboxylic acids is 1. The summed E-state index contributed by atoms with van der Waals surface area (Å²) >= 11 is 0. The molecule has 1 heterocycles. The Morgan fingerprint density at radius 3 is 2.41 bits per heavy atom. The van der Waals surface area contributed by atoms with Crippen molar-refractivity contribution in [3.63, 3.8) is 0 Å². The lowest BCUT2D eigenvalue weighted by molar-refractivity contribution is -0.120. The van der Waals surface area contributed by atoms with Gasteiger partial charge in [-0.25, -0.2) is 0 Å². The number of carbonyl (C=O) groups is 1. The van der Waals surface area contributed by atoms with Gasteiger partial charge in [0.1, 0.15) is 0 Å². The summed E-state index contributed by atoms with van der Waals surface area (Å²) < 4.78 is 0. The lowest BCUT2D eigenvalue weighted by Crippen LogP contribution is -2.37. The highest BCUT2D eigenvalue weighted by molar-refractivity contribution is 5.90. The van der Waals surface area contributed by atoms with E-state index in [-0.39, 0.29) is 11.9 Å². The topological polar surface area (TPSA) is 32.3 Å². The van der Waals surface area contributed by atoms with E-state index in [2.05, 4.69) is 58.7 Å². The molecule has 3 heteroatoms. The molecule has 3 aromatic rings. The Balaban J connectivity index is 1.45. The smallest absolute Gasteiger partial charge is 0.224 e. The van der Waals surface area contributed by atoms with Crippen LogP contribution in [0, 0.1) is 0 Å². The van der Waals surface area contributed by atoms with Crippen LogP contribution in [0.25, 0.3) is 10.8 Å². The van der Waals surface area contributed by atoms with E-state index in [0.29, 0.717) is 13.0 Å². The molecule has 1 atom stereocenters. The molecule has 1 saturated heterocycles. The van der Waals surface area contributed by atoms with Crippen LogP contribution < -0.4 is 5.32 Å². The highest BCUT2D eigenvalue weighted by atomic mass is 16.1. The maximum atomic E-state index is 12.7. The second kappa shape index (κ2) is 8.36. The van der Waals surface area contributed by atoms with Gasteiger partial charge in [0.25, 0.3) is 0 Å². The number of nitrogens with zero attached hydrogens (tertiary/aromatic N) is 1. The molecule has 0 radical (unpaired) electrons. The van der Waals surface area contributed by atoms with Gasteiger partial charge in [0.15, 0.2) is 0 Å². The normalized spacial score (nSPS) is 15.7. The third-order valence-corrected chi connectivity index (χ3v) is 5.49. The predicted molar refractivity (Wildman–Crippen MR) is 111 cm³/mol. The van der Waals surface area contributed by atoms with Gasteiger partial charge in [0.2, 0.25) is 5.91 Å². The standard InChI is InChI=1S/C24H26N2O/c27-24(17-21-13-8-12-19-9-4-5-14-22(19)21)25-18-23(26-15-6-7-16-26)20-10-2-1-3-11-20/h1-5,8-14,23H,6-7,15-18H2,(H,25,27). The summed E-state index contributed by atoms with van der Waals surface area (Å²) in [6.45, 7) is 2.88. The van der Waals surface area contributed by atoms with Crippen molar-refractivity contribution < 1.29 is 4.79 Å². The molecule has 138 valence electrons. The van der Waals surface area contributed by atoms with Crippen LogP contribution in [0.1, 0.15) is 30.0 Å². The van der Waals surface area contributed by atoms with Crippen molar-refractivity contribution in [2.24, 2.45) is 0 Å². The summed E-state index contributed by atoms with van der Waals surface area (Å²) in [7, 11) is 0. The van der Waals surface area contributed by atoms with Crippen molar-refractivity contribution in [3.8, 4) is 0 Å². The molecule has 0 bridgehead atoms. The molecule has 3 nitrogen and oxygen atoms in total. The van der Waals surface area contributed by atoms with Crippen LogP contribution in [0.15, 0.2) is 72.8 Å². The molecule has 1 aliphatic heterocycles. The van der Waals surface area contributed by atoms with Crippen molar-refractivity contribution in [1.29, 1.82) is 0 Å². The first kappa shape index (κ1) is 17.7. The first-order valence-electron chi connectivity index (χ1n) is 9.83. The highest BCUT2D eigenvalue weighted by Crippen LogP contribution is 2.24. The Morgan fingerprint density at radius 2 is 1.59 bits per heavy atom. The van der Waals surface area contributed by atoms with Gasteiger partial charge in [0.05, 0.1) is 12.5 Å². The zero-order chi connectivity index (χ0) is 18.5. The quantitative estimate of drug-likeness (QED) is 0.711. The van der Waals surface area contributed by atoms with E-state index < -0.39 is 0 Å². The van der Waals surface area contributed by atoms with Gasteiger partial charge in [-0.2, -0.15) is 0 Å². The molecule has 1 aliphatic rings. The number of hydrogen-bond acceptors (Lipinski definition) is 2. The van der Waals surface area contributed by atoms with E-state index >= 15 is 0 Å². The van der Waals surface area contributed by atoms with Crippen molar-refractivity contribution in [3.05, 3.63) is 83.9 Å². The average molecular weight is 358 g/mol. The lowest BCUT2D eigenvalue weighted by Gasteiger charge is -2.28. The minimum atomic E-state index is 0.0893. The third-order valence-electron chi connectivity index (χ3n) is 5.49. The van der Waals surface area contributed by atoms with Gasteiger partial charge >= 0.3 is 0 Å². The first-order chi connectivity index (χ1) is 13.3.